The maximum atomic E-state index is 9.56. The van der Waals surface area contributed by atoms with Gasteiger partial charge in [0.25, 0.3) is 0 Å². The summed E-state index contributed by atoms with van der Waals surface area (Å²) in [6.07, 6.45) is 1.22. The van der Waals surface area contributed by atoms with Gasteiger partial charge >= 0.3 is 0 Å². The molecule has 0 aliphatic heterocycles. The lowest BCUT2D eigenvalue weighted by Crippen LogP contribution is -2.18. The highest BCUT2D eigenvalue weighted by atomic mass is 32.1. The van der Waals surface area contributed by atoms with Crippen molar-refractivity contribution in [3.05, 3.63) is 17.1 Å². The molecule has 2 unspecified atom stereocenters. The monoisotopic (exact) mass is 172 g/mol. The van der Waals surface area contributed by atoms with Gasteiger partial charge in [-0.25, -0.2) is 4.37 Å². The zero-order valence-electron chi connectivity index (χ0n) is 6.40. The maximum absolute atomic E-state index is 9.56. The Bertz CT molecular complexity index is 200. The molecule has 0 aliphatic rings. The Balaban J connectivity index is 2.62. The van der Waals surface area contributed by atoms with E-state index in [2.05, 4.69) is 4.37 Å². The number of hydrogen-bond donors (Lipinski definition) is 2. The van der Waals surface area contributed by atoms with Crippen molar-refractivity contribution in [3.8, 4) is 0 Å². The standard InChI is InChI=1S/C7H12N2OS/c1-5(2-8)7(10)6-3-9-11-4-6/h3-5,7,10H,2,8H2,1H3. The number of nitrogens with two attached hydrogens (primary N) is 1. The molecule has 1 aromatic rings. The number of aromatic nitrogens is 1. The lowest BCUT2D eigenvalue weighted by molar-refractivity contribution is 0.122. The van der Waals surface area contributed by atoms with Crippen molar-refractivity contribution in [1.82, 2.24) is 4.37 Å². The fourth-order valence-corrected chi connectivity index (χ4v) is 1.38. The van der Waals surface area contributed by atoms with Crippen LogP contribution in [0.25, 0.3) is 0 Å². The van der Waals surface area contributed by atoms with E-state index in [0.717, 1.165) is 5.56 Å². The minimum atomic E-state index is -0.459. The first-order chi connectivity index (χ1) is 5.25. The van der Waals surface area contributed by atoms with E-state index in [1.807, 2.05) is 12.3 Å². The van der Waals surface area contributed by atoms with Crippen LogP contribution < -0.4 is 5.73 Å². The normalized spacial score (nSPS) is 16.3. The number of aliphatic hydroxyl groups is 1. The van der Waals surface area contributed by atoms with Crippen molar-refractivity contribution < 1.29 is 5.11 Å². The van der Waals surface area contributed by atoms with E-state index in [-0.39, 0.29) is 5.92 Å². The molecule has 3 nitrogen and oxygen atoms in total. The zero-order valence-corrected chi connectivity index (χ0v) is 7.21. The summed E-state index contributed by atoms with van der Waals surface area (Å²) in [4.78, 5) is 0. The predicted octanol–water partition coefficient (Wildman–Crippen LogP) is 0.771. The lowest BCUT2D eigenvalue weighted by atomic mass is 10.0. The molecule has 1 aromatic heterocycles. The van der Waals surface area contributed by atoms with E-state index >= 15 is 0 Å². The van der Waals surface area contributed by atoms with Crippen LogP contribution in [0.3, 0.4) is 0 Å². The van der Waals surface area contributed by atoms with E-state index in [1.165, 1.54) is 11.5 Å². The highest BCUT2D eigenvalue weighted by Crippen LogP contribution is 2.21. The van der Waals surface area contributed by atoms with Crippen molar-refractivity contribution in [2.75, 3.05) is 6.54 Å². The van der Waals surface area contributed by atoms with Crippen LogP contribution in [0.15, 0.2) is 11.6 Å². The number of rotatable bonds is 3. The minimum absolute atomic E-state index is 0.103. The molecule has 2 atom stereocenters. The summed E-state index contributed by atoms with van der Waals surface area (Å²) in [5.74, 6) is 0.103. The average Bonchev–Trinajstić information content (AvgIpc) is 2.53. The molecule has 0 saturated carbocycles. The summed E-state index contributed by atoms with van der Waals surface area (Å²) >= 11 is 1.34. The Labute approximate surface area is 70.0 Å². The molecule has 0 aromatic carbocycles. The van der Waals surface area contributed by atoms with Gasteiger partial charge in [-0.05, 0) is 24.0 Å². The van der Waals surface area contributed by atoms with E-state index in [9.17, 15) is 5.11 Å². The number of hydrogen-bond acceptors (Lipinski definition) is 4. The molecule has 0 fully saturated rings. The highest BCUT2D eigenvalue weighted by molar-refractivity contribution is 7.03. The topological polar surface area (TPSA) is 59.1 Å². The van der Waals surface area contributed by atoms with Crippen LogP contribution in [-0.4, -0.2) is 16.0 Å². The molecule has 4 heteroatoms. The van der Waals surface area contributed by atoms with Crippen molar-refractivity contribution in [2.45, 2.75) is 13.0 Å². The Morgan fingerprint density at radius 3 is 3.00 bits per heavy atom. The van der Waals surface area contributed by atoms with Gasteiger partial charge in [0.2, 0.25) is 0 Å². The molecule has 1 rings (SSSR count). The Morgan fingerprint density at radius 1 is 1.82 bits per heavy atom. The van der Waals surface area contributed by atoms with E-state index in [1.54, 1.807) is 6.20 Å². The van der Waals surface area contributed by atoms with Crippen molar-refractivity contribution in [3.63, 3.8) is 0 Å². The number of nitrogens with zero attached hydrogens (tertiary/aromatic N) is 1. The largest absolute Gasteiger partial charge is 0.388 e. The van der Waals surface area contributed by atoms with Gasteiger partial charge in [0.15, 0.2) is 0 Å². The molecule has 1 heterocycles. The predicted molar refractivity (Wildman–Crippen MR) is 45.3 cm³/mol. The zero-order chi connectivity index (χ0) is 8.27. The maximum Gasteiger partial charge on any atom is 0.0851 e. The van der Waals surface area contributed by atoms with Crippen LogP contribution >= 0.6 is 11.5 Å². The SMILES string of the molecule is CC(CN)C(O)c1cnsc1. The molecule has 62 valence electrons. The van der Waals surface area contributed by atoms with Crippen LogP contribution in [0.2, 0.25) is 0 Å². The van der Waals surface area contributed by atoms with Gasteiger partial charge in [-0.1, -0.05) is 6.92 Å². The Kier molecular flexibility index (Phi) is 2.99. The summed E-state index contributed by atoms with van der Waals surface area (Å²) in [7, 11) is 0. The van der Waals surface area contributed by atoms with Crippen LogP contribution in [0.4, 0.5) is 0 Å². The third-order valence-electron chi connectivity index (χ3n) is 1.70. The van der Waals surface area contributed by atoms with E-state index in [0.29, 0.717) is 6.54 Å². The van der Waals surface area contributed by atoms with Gasteiger partial charge in [-0.15, -0.1) is 0 Å². The highest BCUT2D eigenvalue weighted by Gasteiger charge is 2.14. The summed E-state index contributed by atoms with van der Waals surface area (Å²) in [5.41, 5.74) is 6.27. The van der Waals surface area contributed by atoms with Gasteiger partial charge in [-0.3, -0.25) is 0 Å². The van der Waals surface area contributed by atoms with Crippen molar-refractivity contribution in [2.24, 2.45) is 11.7 Å². The molecule has 3 N–H and O–H groups in total. The van der Waals surface area contributed by atoms with Gasteiger partial charge in [0, 0.05) is 17.1 Å². The number of aliphatic hydroxyl groups excluding tert-OH is 1. The minimum Gasteiger partial charge on any atom is -0.388 e. The van der Waals surface area contributed by atoms with Crippen LogP contribution in [0.5, 0.6) is 0 Å². The van der Waals surface area contributed by atoms with Gasteiger partial charge in [0.05, 0.1) is 6.10 Å². The smallest absolute Gasteiger partial charge is 0.0851 e. The summed E-state index contributed by atoms with van der Waals surface area (Å²) in [6, 6.07) is 0. The molecule has 0 spiro atoms. The molecule has 0 amide bonds. The first kappa shape index (κ1) is 8.64. The molecule has 0 bridgehead atoms. The molecule has 0 aliphatic carbocycles. The molecular formula is C7H12N2OS. The lowest BCUT2D eigenvalue weighted by Gasteiger charge is -2.14. The quantitative estimate of drug-likeness (QED) is 0.708. The van der Waals surface area contributed by atoms with E-state index in [4.69, 9.17) is 5.73 Å². The Morgan fingerprint density at radius 2 is 2.55 bits per heavy atom. The summed E-state index contributed by atoms with van der Waals surface area (Å²) < 4.78 is 3.90. The molecule has 0 radical (unpaired) electrons. The average molecular weight is 172 g/mol. The van der Waals surface area contributed by atoms with E-state index < -0.39 is 6.10 Å². The fourth-order valence-electron chi connectivity index (χ4n) is 0.817. The van der Waals surface area contributed by atoms with Gasteiger partial charge in [-0.2, -0.15) is 0 Å². The van der Waals surface area contributed by atoms with Crippen LogP contribution in [-0.2, 0) is 0 Å². The summed E-state index contributed by atoms with van der Waals surface area (Å²) in [5, 5.41) is 11.4. The third-order valence-corrected chi connectivity index (χ3v) is 2.31. The van der Waals surface area contributed by atoms with Crippen LogP contribution in [0, 0.1) is 5.92 Å². The van der Waals surface area contributed by atoms with Gasteiger partial charge < -0.3 is 10.8 Å². The first-order valence-corrected chi connectivity index (χ1v) is 4.36. The van der Waals surface area contributed by atoms with Gasteiger partial charge in [0.1, 0.15) is 0 Å². The Hall–Kier alpha value is -0.450. The molecule has 0 saturated heterocycles. The second-order valence-electron chi connectivity index (χ2n) is 2.62. The second kappa shape index (κ2) is 3.80. The molecular weight excluding hydrogens is 160 g/mol. The fraction of sp³-hybridized carbons (Fsp3) is 0.571. The second-order valence-corrected chi connectivity index (χ2v) is 3.27. The van der Waals surface area contributed by atoms with Crippen LogP contribution in [0.1, 0.15) is 18.6 Å². The third kappa shape index (κ3) is 1.99. The first-order valence-electron chi connectivity index (χ1n) is 3.53. The van der Waals surface area contributed by atoms with Crippen molar-refractivity contribution in [1.29, 1.82) is 0 Å². The summed E-state index contributed by atoms with van der Waals surface area (Å²) in [6.45, 7) is 2.42. The molecule has 11 heavy (non-hydrogen) atoms. The van der Waals surface area contributed by atoms with Crippen molar-refractivity contribution >= 4 is 11.5 Å².